The van der Waals surface area contributed by atoms with E-state index < -0.39 is 23.5 Å². The highest BCUT2D eigenvalue weighted by Gasteiger charge is 2.42. The predicted molar refractivity (Wildman–Crippen MR) is 143 cm³/mol. The highest BCUT2D eigenvalue weighted by molar-refractivity contribution is 5.82. The van der Waals surface area contributed by atoms with Crippen LogP contribution < -0.4 is 10.2 Å². The summed E-state index contributed by atoms with van der Waals surface area (Å²) in [6, 6.07) is 16.7. The van der Waals surface area contributed by atoms with Crippen LogP contribution in [0.4, 0.5) is 19.4 Å². The zero-order valence-electron chi connectivity index (χ0n) is 21.8. The van der Waals surface area contributed by atoms with Crippen molar-refractivity contribution in [1.82, 2.24) is 25.3 Å². The molecule has 3 amide bonds. The van der Waals surface area contributed by atoms with E-state index in [2.05, 4.69) is 15.5 Å². The first kappa shape index (κ1) is 26.5. The number of hydrogen-bond donors (Lipinski definition) is 1. The largest absolute Gasteiger partial charge is 0.354 e. The van der Waals surface area contributed by atoms with Crippen molar-refractivity contribution >= 4 is 17.8 Å². The van der Waals surface area contributed by atoms with Gasteiger partial charge in [-0.25, -0.2) is 13.6 Å². The zero-order chi connectivity index (χ0) is 27.4. The number of anilines is 1. The first-order valence-electron chi connectivity index (χ1n) is 13.3. The molecule has 0 saturated carbocycles. The van der Waals surface area contributed by atoms with Crippen molar-refractivity contribution < 1.29 is 18.4 Å². The molecule has 0 aliphatic carbocycles. The second-order valence-electron chi connectivity index (χ2n) is 10.0. The molecule has 0 bridgehead atoms. The number of benzene rings is 2. The van der Waals surface area contributed by atoms with Crippen LogP contribution in [0.15, 0.2) is 66.9 Å². The van der Waals surface area contributed by atoms with E-state index in [0.29, 0.717) is 56.9 Å². The molecule has 2 aromatic carbocycles. The van der Waals surface area contributed by atoms with Gasteiger partial charge in [-0.05, 0) is 42.2 Å². The van der Waals surface area contributed by atoms with Gasteiger partial charge in [0.1, 0.15) is 11.6 Å². The quantitative estimate of drug-likeness (QED) is 0.548. The van der Waals surface area contributed by atoms with Crippen LogP contribution in [0.2, 0.25) is 0 Å². The number of rotatable bonds is 4. The molecule has 10 heteroatoms. The van der Waals surface area contributed by atoms with Gasteiger partial charge in [0.05, 0.1) is 12.0 Å². The second-order valence-corrected chi connectivity index (χ2v) is 10.0. The van der Waals surface area contributed by atoms with Gasteiger partial charge in [0.25, 0.3) is 0 Å². The van der Waals surface area contributed by atoms with E-state index in [4.69, 9.17) is 0 Å². The third kappa shape index (κ3) is 5.69. The Morgan fingerprint density at radius 2 is 1.79 bits per heavy atom. The number of carbonyl (C=O) groups is 2. The third-order valence-electron chi connectivity index (χ3n) is 7.74. The molecule has 0 radical (unpaired) electrons. The Kier molecular flexibility index (Phi) is 7.99. The fourth-order valence-corrected chi connectivity index (χ4v) is 5.81. The van der Waals surface area contributed by atoms with E-state index >= 15 is 0 Å². The SMILES string of the molecule is CNC(=O)N1CCN(C(=O)[C@@H]2CN(c3cccnn3)C[C@H]2c2ccc(F)cc2F)CCCC1c1ccccc1. The molecule has 2 fully saturated rings. The average molecular weight is 535 g/mol. The highest BCUT2D eigenvalue weighted by Crippen LogP contribution is 2.38. The number of hydrogen-bond acceptors (Lipinski definition) is 5. The minimum atomic E-state index is -0.664. The van der Waals surface area contributed by atoms with Crippen molar-refractivity contribution in [3.63, 3.8) is 0 Å². The predicted octanol–water partition coefficient (Wildman–Crippen LogP) is 3.98. The number of urea groups is 1. The fourth-order valence-electron chi connectivity index (χ4n) is 5.81. The Hall–Kier alpha value is -4.08. The summed E-state index contributed by atoms with van der Waals surface area (Å²) in [6.07, 6.45) is 2.98. The van der Waals surface area contributed by atoms with E-state index in [1.807, 2.05) is 35.2 Å². The van der Waals surface area contributed by atoms with Gasteiger partial charge in [0.2, 0.25) is 5.91 Å². The molecule has 0 spiro atoms. The molecule has 204 valence electrons. The number of aromatic nitrogens is 2. The van der Waals surface area contributed by atoms with Gasteiger partial charge in [0, 0.05) is 58.0 Å². The van der Waals surface area contributed by atoms with E-state index in [1.165, 1.54) is 12.1 Å². The third-order valence-corrected chi connectivity index (χ3v) is 7.74. The number of carbonyl (C=O) groups excluding carboxylic acids is 2. The average Bonchev–Trinajstić information content (AvgIpc) is 3.39. The van der Waals surface area contributed by atoms with Crippen LogP contribution in [0.3, 0.4) is 0 Å². The molecule has 2 saturated heterocycles. The number of amides is 3. The van der Waals surface area contributed by atoms with Crippen LogP contribution >= 0.6 is 0 Å². The minimum absolute atomic E-state index is 0.0944. The van der Waals surface area contributed by atoms with Crippen LogP contribution in [-0.4, -0.2) is 71.7 Å². The van der Waals surface area contributed by atoms with Crippen molar-refractivity contribution in [3.05, 3.63) is 89.6 Å². The Morgan fingerprint density at radius 1 is 0.974 bits per heavy atom. The molecule has 2 aliphatic rings. The Bertz CT molecular complexity index is 1300. The molecule has 8 nitrogen and oxygen atoms in total. The number of nitrogens with one attached hydrogen (secondary N) is 1. The Labute approximate surface area is 226 Å². The maximum Gasteiger partial charge on any atom is 0.317 e. The van der Waals surface area contributed by atoms with Crippen LogP contribution in [0, 0.1) is 17.6 Å². The molecule has 1 aromatic heterocycles. The zero-order valence-corrected chi connectivity index (χ0v) is 21.8. The van der Waals surface area contributed by atoms with Gasteiger partial charge >= 0.3 is 6.03 Å². The topological polar surface area (TPSA) is 81.7 Å². The summed E-state index contributed by atoms with van der Waals surface area (Å²) in [6.45, 7) is 1.94. The molecule has 1 N–H and O–H groups in total. The van der Waals surface area contributed by atoms with Gasteiger partial charge in [-0.1, -0.05) is 36.4 Å². The van der Waals surface area contributed by atoms with Crippen LogP contribution in [0.25, 0.3) is 0 Å². The molecule has 3 aromatic rings. The highest BCUT2D eigenvalue weighted by atomic mass is 19.1. The lowest BCUT2D eigenvalue weighted by Crippen LogP contribution is -2.49. The fraction of sp³-hybridized carbons (Fsp3) is 0.379. The molecule has 3 atom stereocenters. The van der Waals surface area contributed by atoms with Crippen LogP contribution in [-0.2, 0) is 4.79 Å². The smallest absolute Gasteiger partial charge is 0.317 e. The number of halogens is 2. The summed E-state index contributed by atoms with van der Waals surface area (Å²) in [5.41, 5.74) is 1.37. The maximum absolute atomic E-state index is 15.0. The van der Waals surface area contributed by atoms with Crippen molar-refractivity contribution in [3.8, 4) is 0 Å². The standard InChI is InChI=1S/C29H32F2N6O2/c1-32-29(39)37-16-15-35(14-6-9-26(37)20-7-3-2-4-8-20)28(38)24-19-36(27-10-5-13-33-34-27)18-23(24)22-12-11-21(30)17-25(22)31/h2-5,7-8,10-13,17,23-24,26H,6,9,14-16,18-19H2,1H3,(H,32,39)/t23-,24+,26?/m0/s1. The van der Waals surface area contributed by atoms with Crippen molar-refractivity contribution in [2.45, 2.75) is 24.8 Å². The lowest BCUT2D eigenvalue weighted by molar-refractivity contribution is -0.136. The summed E-state index contributed by atoms with van der Waals surface area (Å²) in [4.78, 5) is 32.4. The van der Waals surface area contributed by atoms with Crippen LogP contribution in [0.5, 0.6) is 0 Å². The summed E-state index contributed by atoms with van der Waals surface area (Å²) in [7, 11) is 1.60. The summed E-state index contributed by atoms with van der Waals surface area (Å²) in [5.74, 6) is -1.88. The summed E-state index contributed by atoms with van der Waals surface area (Å²) in [5, 5.41) is 10.9. The van der Waals surface area contributed by atoms with Crippen molar-refractivity contribution in [1.29, 1.82) is 0 Å². The first-order chi connectivity index (χ1) is 19.0. The lowest BCUT2D eigenvalue weighted by atomic mass is 9.87. The Morgan fingerprint density at radius 3 is 2.51 bits per heavy atom. The van der Waals surface area contributed by atoms with E-state index in [-0.39, 0.29) is 18.0 Å². The molecule has 5 rings (SSSR count). The van der Waals surface area contributed by atoms with Gasteiger partial charge in [-0.15, -0.1) is 5.10 Å². The molecule has 2 aliphatic heterocycles. The van der Waals surface area contributed by atoms with Crippen molar-refractivity contribution in [2.24, 2.45) is 5.92 Å². The van der Waals surface area contributed by atoms with E-state index in [0.717, 1.165) is 11.6 Å². The maximum atomic E-state index is 15.0. The lowest BCUT2D eigenvalue weighted by Gasteiger charge is -2.38. The first-order valence-corrected chi connectivity index (χ1v) is 13.3. The van der Waals surface area contributed by atoms with E-state index in [9.17, 15) is 18.4 Å². The second kappa shape index (κ2) is 11.8. The normalized spacial score (nSPS) is 21.8. The van der Waals surface area contributed by atoms with Gasteiger partial charge in [-0.3, -0.25) is 4.79 Å². The summed E-state index contributed by atoms with van der Waals surface area (Å²) < 4.78 is 28.7. The van der Waals surface area contributed by atoms with Crippen LogP contribution in [0.1, 0.15) is 35.9 Å². The number of nitrogens with zero attached hydrogens (tertiary/aromatic N) is 5. The van der Waals surface area contributed by atoms with E-state index in [1.54, 1.807) is 35.2 Å². The van der Waals surface area contributed by atoms with Gasteiger partial charge in [0.15, 0.2) is 5.82 Å². The molecule has 39 heavy (non-hydrogen) atoms. The molecule has 1 unspecified atom stereocenters. The molecular formula is C29H32F2N6O2. The molecular weight excluding hydrogens is 502 g/mol. The molecule has 3 heterocycles. The van der Waals surface area contributed by atoms with Gasteiger partial charge in [-0.2, -0.15) is 5.10 Å². The van der Waals surface area contributed by atoms with Crippen molar-refractivity contribution in [2.75, 3.05) is 44.7 Å². The Balaban J connectivity index is 1.39. The van der Waals surface area contributed by atoms with Gasteiger partial charge < -0.3 is 20.0 Å². The minimum Gasteiger partial charge on any atom is -0.354 e. The summed E-state index contributed by atoms with van der Waals surface area (Å²) >= 11 is 0. The monoisotopic (exact) mass is 534 g/mol.